The number of benzene rings is 4. The third-order valence-corrected chi connectivity index (χ3v) is 7.74. The second kappa shape index (κ2) is 12.7. The van der Waals surface area contributed by atoms with Crippen LogP contribution in [-0.2, 0) is 21.2 Å². The van der Waals surface area contributed by atoms with Crippen molar-refractivity contribution >= 4 is 33.2 Å². The molecule has 0 saturated heterocycles. The van der Waals surface area contributed by atoms with Gasteiger partial charge in [-0.2, -0.15) is 0 Å². The van der Waals surface area contributed by atoms with Crippen molar-refractivity contribution in [1.29, 1.82) is 0 Å². The van der Waals surface area contributed by atoms with Crippen LogP contribution in [0.3, 0.4) is 0 Å². The van der Waals surface area contributed by atoms with E-state index < -0.39 is 22.5 Å². The van der Waals surface area contributed by atoms with Gasteiger partial charge >= 0.3 is 0 Å². The first-order chi connectivity index (χ1) is 18.9. The molecule has 0 radical (unpaired) electrons. The number of nitrogens with zero attached hydrogens (tertiary/aromatic N) is 1. The van der Waals surface area contributed by atoms with Crippen LogP contribution < -0.4 is 19.7 Å². The van der Waals surface area contributed by atoms with Crippen molar-refractivity contribution in [3.8, 4) is 5.75 Å². The lowest BCUT2D eigenvalue weighted by atomic mass is 10.1. The molecule has 0 aromatic heterocycles. The second-order valence-electron chi connectivity index (χ2n) is 8.61. The van der Waals surface area contributed by atoms with E-state index in [1.54, 1.807) is 66.7 Å². The number of methoxy groups -OCH3 is 1. The van der Waals surface area contributed by atoms with Crippen molar-refractivity contribution in [3.05, 3.63) is 120 Å². The number of sulfonamides is 1. The first-order valence-electron chi connectivity index (χ1n) is 12.3. The summed E-state index contributed by atoms with van der Waals surface area (Å²) in [5, 5.41) is 5.59. The Balaban J connectivity index is 1.53. The molecular formula is C30H29N3O5S. The zero-order valence-electron chi connectivity index (χ0n) is 21.4. The summed E-state index contributed by atoms with van der Waals surface area (Å²) in [7, 11) is -2.62. The van der Waals surface area contributed by atoms with Gasteiger partial charge in [-0.05, 0) is 48.4 Å². The zero-order chi connectivity index (χ0) is 27.7. The Morgan fingerprint density at radius 3 is 2.21 bits per heavy atom. The Morgan fingerprint density at radius 1 is 0.821 bits per heavy atom. The summed E-state index contributed by atoms with van der Waals surface area (Å²) in [6.45, 7) is -0.0988. The van der Waals surface area contributed by atoms with Crippen LogP contribution in [-0.4, -0.2) is 40.4 Å². The smallest absolute Gasteiger partial charge is 0.264 e. The summed E-state index contributed by atoms with van der Waals surface area (Å²) >= 11 is 0. The van der Waals surface area contributed by atoms with Crippen molar-refractivity contribution in [2.75, 3.05) is 29.8 Å². The molecule has 39 heavy (non-hydrogen) atoms. The fourth-order valence-electron chi connectivity index (χ4n) is 3.97. The molecule has 2 N–H and O–H groups in total. The number of nitrogens with one attached hydrogen (secondary N) is 2. The first-order valence-corrected chi connectivity index (χ1v) is 13.8. The number of para-hydroxylation sites is 1. The van der Waals surface area contributed by atoms with Crippen molar-refractivity contribution in [3.63, 3.8) is 0 Å². The maximum atomic E-state index is 13.6. The highest BCUT2D eigenvalue weighted by atomic mass is 32.2. The van der Waals surface area contributed by atoms with E-state index in [9.17, 15) is 18.0 Å². The third kappa shape index (κ3) is 7.03. The Labute approximate surface area is 228 Å². The van der Waals surface area contributed by atoms with E-state index in [-0.39, 0.29) is 27.7 Å². The van der Waals surface area contributed by atoms with Gasteiger partial charge in [0.2, 0.25) is 5.91 Å². The topological polar surface area (TPSA) is 105 Å². The van der Waals surface area contributed by atoms with E-state index in [0.717, 1.165) is 9.87 Å². The van der Waals surface area contributed by atoms with Crippen molar-refractivity contribution in [2.24, 2.45) is 0 Å². The number of rotatable bonds is 11. The molecule has 0 saturated carbocycles. The van der Waals surface area contributed by atoms with Gasteiger partial charge in [0.25, 0.3) is 15.9 Å². The van der Waals surface area contributed by atoms with E-state index >= 15 is 0 Å². The number of anilines is 2. The number of hydrogen-bond donors (Lipinski definition) is 2. The minimum atomic E-state index is -4.09. The molecule has 0 fully saturated rings. The van der Waals surface area contributed by atoms with Gasteiger partial charge in [0.15, 0.2) is 0 Å². The lowest BCUT2D eigenvalue weighted by molar-refractivity contribution is -0.114. The van der Waals surface area contributed by atoms with Crippen LogP contribution in [0.4, 0.5) is 11.4 Å². The van der Waals surface area contributed by atoms with E-state index in [0.29, 0.717) is 18.7 Å². The van der Waals surface area contributed by atoms with Gasteiger partial charge < -0.3 is 15.4 Å². The normalized spacial score (nSPS) is 10.9. The molecule has 0 unspecified atom stereocenters. The van der Waals surface area contributed by atoms with Crippen molar-refractivity contribution in [2.45, 2.75) is 11.3 Å². The molecule has 0 aliphatic rings. The Morgan fingerprint density at radius 2 is 1.49 bits per heavy atom. The van der Waals surface area contributed by atoms with Gasteiger partial charge in [0.05, 0.1) is 28.9 Å². The van der Waals surface area contributed by atoms with Crippen LogP contribution in [0.1, 0.15) is 15.9 Å². The molecule has 0 aliphatic heterocycles. The molecule has 4 aromatic rings. The van der Waals surface area contributed by atoms with Gasteiger partial charge in [-0.15, -0.1) is 0 Å². The van der Waals surface area contributed by atoms with Gasteiger partial charge in [-0.1, -0.05) is 66.7 Å². The summed E-state index contributed by atoms with van der Waals surface area (Å²) < 4.78 is 33.4. The predicted molar refractivity (Wildman–Crippen MR) is 152 cm³/mol. The van der Waals surface area contributed by atoms with Gasteiger partial charge in [-0.25, -0.2) is 8.42 Å². The van der Waals surface area contributed by atoms with E-state index in [1.165, 1.54) is 19.2 Å². The summed E-state index contributed by atoms with van der Waals surface area (Å²) in [4.78, 5) is 26.2. The summed E-state index contributed by atoms with van der Waals surface area (Å²) in [5.41, 5.74) is 1.91. The molecule has 0 aliphatic carbocycles. The maximum absolute atomic E-state index is 13.6. The Kier molecular flexibility index (Phi) is 8.96. The largest absolute Gasteiger partial charge is 0.497 e. The van der Waals surface area contributed by atoms with E-state index in [1.807, 2.05) is 30.3 Å². The average Bonchev–Trinajstić information content (AvgIpc) is 2.97. The molecule has 8 nitrogen and oxygen atoms in total. The van der Waals surface area contributed by atoms with E-state index in [2.05, 4.69) is 10.6 Å². The number of amides is 2. The van der Waals surface area contributed by atoms with Crippen LogP contribution in [0, 0.1) is 0 Å². The highest BCUT2D eigenvalue weighted by molar-refractivity contribution is 7.92. The zero-order valence-corrected chi connectivity index (χ0v) is 22.2. The van der Waals surface area contributed by atoms with Crippen LogP contribution in [0.2, 0.25) is 0 Å². The van der Waals surface area contributed by atoms with Gasteiger partial charge in [0, 0.05) is 12.6 Å². The van der Waals surface area contributed by atoms with Crippen LogP contribution in [0.5, 0.6) is 5.75 Å². The molecule has 0 spiro atoms. The first kappa shape index (κ1) is 27.4. The molecule has 0 heterocycles. The van der Waals surface area contributed by atoms with Crippen LogP contribution in [0.15, 0.2) is 114 Å². The quantitative estimate of drug-likeness (QED) is 0.290. The highest BCUT2D eigenvalue weighted by Gasteiger charge is 2.28. The van der Waals surface area contributed by atoms with E-state index in [4.69, 9.17) is 4.74 Å². The molecule has 0 bridgehead atoms. The maximum Gasteiger partial charge on any atom is 0.264 e. The average molecular weight is 544 g/mol. The SMILES string of the molecule is COc1cccc(N(CC(=O)Nc2ccccc2C(=O)NCCc2ccccc2)S(=O)(=O)c2ccccc2)c1. The fourth-order valence-corrected chi connectivity index (χ4v) is 5.40. The number of hydrogen-bond acceptors (Lipinski definition) is 5. The van der Waals surface area contributed by atoms with Crippen molar-refractivity contribution < 1.29 is 22.7 Å². The lowest BCUT2D eigenvalue weighted by Crippen LogP contribution is -2.38. The third-order valence-electron chi connectivity index (χ3n) is 5.95. The number of carbonyl (C=O) groups excluding carboxylic acids is 2. The molecule has 4 aromatic carbocycles. The summed E-state index contributed by atoms with van der Waals surface area (Å²) in [6, 6.07) is 30.7. The number of ether oxygens (including phenoxy) is 1. The van der Waals surface area contributed by atoms with Gasteiger partial charge in [-0.3, -0.25) is 13.9 Å². The van der Waals surface area contributed by atoms with Crippen LogP contribution >= 0.6 is 0 Å². The number of carbonyl (C=O) groups is 2. The molecule has 200 valence electrons. The Bertz CT molecular complexity index is 1530. The Hall–Kier alpha value is -4.63. The molecule has 9 heteroatoms. The second-order valence-corrected chi connectivity index (χ2v) is 10.5. The minimum absolute atomic E-state index is 0.0406. The molecule has 4 rings (SSSR count). The molecule has 2 amide bonds. The summed E-state index contributed by atoms with van der Waals surface area (Å²) in [6.07, 6.45) is 0.661. The standard InChI is InChI=1S/C30H29N3O5S/c1-38-25-14-10-13-24(21-25)33(39(36,37)26-15-6-3-7-16-26)22-29(34)32-28-18-9-8-17-27(28)30(35)31-20-19-23-11-4-2-5-12-23/h2-18,21H,19-20,22H2,1H3,(H,31,35)(H,32,34). The minimum Gasteiger partial charge on any atom is -0.497 e. The lowest BCUT2D eigenvalue weighted by Gasteiger charge is -2.24. The van der Waals surface area contributed by atoms with Gasteiger partial charge in [0.1, 0.15) is 12.3 Å². The molecule has 0 atom stereocenters. The van der Waals surface area contributed by atoms with Crippen molar-refractivity contribution in [1.82, 2.24) is 5.32 Å². The molecular weight excluding hydrogens is 514 g/mol. The monoisotopic (exact) mass is 543 g/mol. The predicted octanol–water partition coefficient (Wildman–Crippen LogP) is 4.50. The summed E-state index contributed by atoms with van der Waals surface area (Å²) in [5.74, 6) is -0.510. The highest BCUT2D eigenvalue weighted by Crippen LogP contribution is 2.27. The van der Waals surface area contributed by atoms with Crippen LogP contribution in [0.25, 0.3) is 0 Å². The fraction of sp³-hybridized carbons (Fsp3) is 0.133.